The minimum atomic E-state index is -0.381. The molecule has 4 unspecified atom stereocenters. The van der Waals surface area contributed by atoms with E-state index in [-0.39, 0.29) is 23.8 Å². The van der Waals surface area contributed by atoms with Crippen molar-refractivity contribution < 1.29 is 14.3 Å². The van der Waals surface area contributed by atoms with Gasteiger partial charge in [-0.3, -0.25) is 9.59 Å². The van der Waals surface area contributed by atoms with Crippen LogP contribution in [0.2, 0.25) is 0 Å². The molecule has 3 nitrogen and oxygen atoms in total. The van der Waals surface area contributed by atoms with Gasteiger partial charge in [-0.25, -0.2) is 0 Å². The van der Waals surface area contributed by atoms with E-state index in [2.05, 4.69) is 27.7 Å². The van der Waals surface area contributed by atoms with Gasteiger partial charge in [-0.1, -0.05) is 54.4 Å². The Balaban J connectivity index is 4.15. The predicted molar refractivity (Wildman–Crippen MR) is 77.6 cm³/mol. The van der Waals surface area contributed by atoms with Gasteiger partial charge in [-0.15, -0.1) is 0 Å². The van der Waals surface area contributed by atoms with Gasteiger partial charge >= 0.3 is 11.9 Å². The summed E-state index contributed by atoms with van der Waals surface area (Å²) < 4.78 is 4.95. The van der Waals surface area contributed by atoms with Crippen LogP contribution in [-0.4, -0.2) is 11.9 Å². The van der Waals surface area contributed by atoms with Crippen molar-refractivity contribution in [3.8, 4) is 0 Å². The van der Waals surface area contributed by atoms with Crippen LogP contribution in [0.25, 0.3) is 0 Å². The number of rotatable bonds is 8. The molecule has 0 N–H and O–H groups in total. The van der Waals surface area contributed by atoms with Gasteiger partial charge in [0.25, 0.3) is 0 Å². The maximum Gasteiger partial charge on any atom is 0.316 e. The molecule has 0 radical (unpaired) electrons. The highest BCUT2D eigenvalue weighted by molar-refractivity contribution is 5.86. The average Bonchev–Trinajstić information content (AvgIpc) is 2.36. The summed E-state index contributed by atoms with van der Waals surface area (Å²) in [6, 6.07) is 0. The van der Waals surface area contributed by atoms with Gasteiger partial charge in [0.05, 0.1) is 5.92 Å². The number of carbonyl (C=O) groups is 2. The topological polar surface area (TPSA) is 43.4 Å². The summed E-state index contributed by atoms with van der Waals surface area (Å²) in [5, 5.41) is 0. The summed E-state index contributed by atoms with van der Waals surface area (Å²) in [5.74, 6) is 0.264. The summed E-state index contributed by atoms with van der Waals surface area (Å²) in [7, 11) is 0. The fraction of sp³-hybridized carbons (Fsp3) is 0.875. The lowest BCUT2D eigenvalue weighted by Gasteiger charge is -2.18. The standard InChI is InChI=1S/C16H30O3/c1-7-11(3)9-14(6)16(18)19-15(17)10-13(5)12(4)8-2/h11-14H,7-10H2,1-6H3. The quantitative estimate of drug-likeness (QED) is 0.490. The summed E-state index contributed by atoms with van der Waals surface area (Å²) in [6.45, 7) is 12.3. The van der Waals surface area contributed by atoms with E-state index in [4.69, 9.17) is 4.74 Å². The van der Waals surface area contributed by atoms with E-state index in [1.54, 1.807) is 0 Å². The first-order chi connectivity index (χ1) is 8.81. The maximum absolute atomic E-state index is 11.8. The fourth-order valence-corrected chi connectivity index (χ4v) is 1.99. The van der Waals surface area contributed by atoms with E-state index in [9.17, 15) is 9.59 Å². The summed E-state index contributed by atoms with van der Waals surface area (Å²) in [6.07, 6.45) is 3.18. The number of ether oxygens (including phenoxy) is 1. The van der Waals surface area contributed by atoms with Crippen LogP contribution in [0.5, 0.6) is 0 Å². The zero-order valence-corrected chi connectivity index (χ0v) is 13.4. The van der Waals surface area contributed by atoms with Gasteiger partial charge in [0.15, 0.2) is 0 Å². The molecule has 0 aromatic rings. The second-order valence-electron chi connectivity index (χ2n) is 6.01. The minimum Gasteiger partial charge on any atom is -0.393 e. The Morgan fingerprint density at radius 3 is 2.00 bits per heavy atom. The second-order valence-corrected chi connectivity index (χ2v) is 6.01. The first-order valence-electron chi connectivity index (χ1n) is 7.56. The van der Waals surface area contributed by atoms with E-state index in [1.807, 2.05) is 13.8 Å². The average molecular weight is 270 g/mol. The van der Waals surface area contributed by atoms with Crippen LogP contribution in [0.15, 0.2) is 0 Å². The smallest absolute Gasteiger partial charge is 0.316 e. The Morgan fingerprint density at radius 2 is 1.53 bits per heavy atom. The molecule has 0 aliphatic rings. The second kappa shape index (κ2) is 9.11. The minimum absolute atomic E-state index is 0.196. The largest absolute Gasteiger partial charge is 0.393 e. The summed E-state index contributed by atoms with van der Waals surface area (Å²) in [4.78, 5) is 23.5. The molecule has 4 atom stereocenters. The first-order valence-corrected chi connectivity index (χ1v) is 7.56. The lowest BCUT2D eigenvalue weighted by atomic mass is 9.91. The van der Waals surface area contributed by atoms with Crippen LogP contribution in [0.1, 0.15) is 67.2 Å². The van der Waals surface area contributed by atoms with Gasteiger partial charge in [0.2, 0.25) is 0 Å². The van der Waals surface area contributed by atoms with Gasteiger partial charge in [0.1, 0.15) is 0 Å². The van der Waals surface area contributed by atoms with Crippen LogP contribution in [0.3, 0.4) is 0 Å². The van der Waals surface area contributed by atoms with Crippen LogP contribution < -0.4 is 0 Å². The van der Waals surface area contributed by atoms with E-state index < -0.39 is 0 Å². The highest BCUT2D eigenvalue weighted by atomic mass is 16.6. The van der Waals surface area contributed by atoms with E-state index in [0.29, 0.717) is 18.3 Å². The van der Waals surface area contributed by atoms with Crippen molar-refractivity contribution in [3.05, 3.63) is 0 Å². The monoisotopic (exact) mass is 270 g/mol. The Labute approximate surface area is 118 Å². The van der Waals surface area contributed by atoms with Gasteiger partial charge < -0.3 is 4.74 Å². The molecule has 0 saturated heterocycles. The Hall–Kier alpha value is -0.860. The van der Waals surface area contributed by atoms with Crippen LogP contribution in [0.4, 0.5) is 0 Å². The normalized spacial score (nSPS) is 17.4. The molecule has 0 fully saturated rings. The van der Waals surface area contributed by atoms with Crippen molar-refractivity contribution in [1.82, 2.24) is 0 Å². The molecule has 0 rings (SSSR count). The van der Waals surface area contributed by atoms with Crippen molar-refractivity contribution in [3.63, 3.8) is 0 Å². The molecule has 3 heteroatoms. The van der Waals surface area contributed by atoms with Crippen molar-refractivity contribution in [1.29, 1.82) is 0 Å². The first kappa shape index (κ1) is 18.1. The van der Waals surface area contributed by atoms with Crippen LogP contribution in [-0.2, 0) is 14.3 Å². The van der Waals surface area contributed by atoms with E-state index in [1.165, 1.54) is 0 Å². The third kappa shape index (κ3) is 7.34. The molecule has 0 saturated carbocycles. The van der Waals surface area contributed by atoms with Crippen LogP contribution in [0, 0.1) is 23.7 Å². The lowest BCUT2D eigenvalue weighted by Crippen LogP contribution is -2.23. The third-order valence-electron chi connectivity index (χ3n) is 4.17. The van der Waals surface area contributed by atoms with E-state index in [0.717, 1.165) is 19.3 Å². The lowest BCUT2D eigenvalue weighted by molar-refractivity contribution is -0.163. The Kier molecular flexibility index (Phi) is 8.70. The Morgan fingerprint density at radius 1 is 0.947 bits per heavy atom. The van der Waals surface area contributed by atoms with Gasteiger partial charge in [-0.05, 0) is 24.2 Å². The highest BCUT2D eigenvalue weighted by Crippen LogP contribution is 2.20. The molecule has 0 amide bonds. The number of hydrogen-bond acceptors (Lipinski definition) is 3. The zero-order chi connectivity index (χ0) is 15.0. The van der Waals surface area contributed by atoms with Gasteiger partial charge in [0, 0.05) is 6.42 Å². The van der Waals surface area contributed by atoms with Crippen molar-refractivity contribution in [2.75, 3.05) is 0 Å². The van der Waals surface area contributed by atoms with Gasteiger partial charge in [-0.2, -0.15) is 0 Å². The molecule has 19 heavy (non-hydrogen) atoms. The van der Waals surface area contributed by atoms with Crippen molar-refractivity contribution >= 4 is 11.9 Å². The molecule has 0 spiro atoms. The molecule has 112 valence electrons. The molecule has 0 heterocycles. The molecule has 0 aliphatic heterocycles. The molecule has 0 aromatic carbocycles. The van der Waals surface area contributed by atoms with Crippen molar-refractivity contribution in [2.24, 2.45) is 23.7 Å². The van der Waals surface area contributed by atoms with Crippen LogP contribution >= 0.6 is 0 Å². The van der Waals surface area contributed by atoms with E-state index >= 15 is 0 Å². The number of esters is 2. The third-order valence-corrected chi connectivity index (χ3v) is 4.17. The number of hydrogen-bond donors (Lipinski definition) is 0. The zero-order valence-electron chi connectivity index (χ0n) is 13.4. The summed E-state index contributed by atoms with van der Waals surface area (Å²) in [5.41, 5.74) is 0. The molecule has 0 aliphatic carbocycles. The Bertz CT molecular complexity index is 286. The highest BCUT2D eigenvalue weighted by Gasteiger charge is 2.22. The molecular weight excluding hydrogens is 240 g/mol. The molecule has 0 bridgehead atoms. The maximum atomic E-state index is 11.8. The fourth-order valence-electron chi connectivity index (χ4n) is 1.99. The molecule has 0 aromatic heterocycles. The summed E-state index contributed by atoms with van der Waals surface area (Å²) >= 11 is 0. The van der Waals surface area contributed by atoms with Crippen molar-refractivity contribution in [2.45, 2.75) is 67.2 Å². The molecular formula is C16H30O3. The number of carbonyl (C=O) groups excluding carboxylic acids is 2. The SMILES string of the molecule is CCC(C)CC(C)C(=O)OC(=O)CC(C)C(C)CC. The predicted octanol–water partition coefficient (Wildman–Crippen LogP) is 4.20.